The molecule has 0 unspecified atom stereocenters. The highest BCUT2D eigenvalue weighted by Crippen LogP contribution is 1.84. The molecule has 0 aliphatic rings. The van der Waals surface area contributed by atoms with Crippen molar-refractivity contribution in [2.24, 2.45) is 0 Å². The van der Waals surface area contributed by atoms with E-state index in [0.29, 0.717) is 0 Å². The maximum Gasteiger partial charge on any atom is 0.465 e. The number of hydrogen-bond acceptors (Lipinski definition) is 2. The second kappa shape index (κ2) is 9.11. The van der Waals surface area contributed by atoms with Crippen LogP contribution in [-0.2, 0) is 9.13 Å². The molecule has 0 fully saturated rings. The highest BCUT2D eigenvalue weighted by atomic mass is 31.1. The zero-order valence-electron chi connectivity index (χ0n) is 3.37. The molecule has 0 aliphatic carbocycles. The van der Waals surface area contributed by atoms with Crippen LogP contribution in [0.5, 0.6) is 0 Å². The average Bonchev–Trinajstić information content (AvgIpc) is 1.33. The van der Waals surface area contributed by atoms with E-state index in [1.54, 1.807) is 0 Å². The molecule has 7 heavy (non-hydrogen) atoms. The second-order valence-electron chi connectivity index (χ2n) is 0.392. The predicted octanol–water partition coefficient (Wildman–Crippen LogP) is 1.17. The smallest absolute Gasteiger partial charge is 0.287 e. The predicted molar refractivity (Wildman–Crippen MR) is 21.8 cm³/mol. The van der Waals surface area contributed by atoms with Gasteiger partial charge in [0.15, 0.2) is 0 Å². The maximum absolute atomic E-state index is 10.1. The molecule has 0 heterocycles. The van der Waals surface area contributed by atoms with E-state index in [4.69, 9.17) is 14.0 Å². The summed E-state index contributed by atoms with van der Waals surface area (Å²) in [6.45, 7) is 2.69. The van der Waals surface area contributed by atoms with Crippen LogP contribution >= 0.6 is 7.91 Å². The molecule has 0 rings (SSSR count). The fraction of sp³-hybridized carbons (Fsp3) is 0. The summed E-state index contributed by atoms with van der Waals surface area (Å²) in [5, 5.41) is 0. The molecule has 0 aromatic heterocycles. The monoisotopic (exact) mass is 126 g/mol. The third-order valence-corrected chi connectivity index (χ3v) is 0. The molecule has 0 radical (unpaired) electrons. The third-order valence-electron chi connectivity index (χ3n) is 0. The van der Waals surface area contributed by atoms with E-state index in [0.717, 1.165) is 0 Å². The first-order chi connectivity index (χ1) is 3.15. The number of halogens is 1. The van der Waals surface area contributed by atoms with Crippen LogP contribution in [0.3, 0.4) is 0 Å². The summed E-state index contributed by atoms with van der Waals surface area (Å²) in [6, 6.07) is 0. The van der Waals surface area contributed by atoms with Gasteiger partial charge in [0, 0.05) is 0 Å². The SMILES string of the molecule is C=CF.O=P(=O)O. The molecule has 3 nitrogen and oxygen atoms in total. The highest BCUT2D eigenvalue weighted by molar-refractivity contribution is 7.23. The quantitative estimate of drug-likeness (QED) is 0.495. The average molecular weight is 126 g/mol. The lowest BCUT2D eigenvalue weighted by molar-refractivity contribution is 0.434. The molecule has 0 saturated heterocycles. The molecule has 0 atom stereocenters. The molecule has 1 N–H and O–H groups in total. The first-order valence-corrected chi connectivity index (χ1v) is 2.32. The summed E-state index contributed by atoms with van der Waals surface area (Å²) < 4.78 is 27.2. The van der Waals surface area contributed by atoms with Crippen LogP contribution in [0.4, 0.5) is 4.39 Å². The summed E-state index contributed by atoms with van der Waals surface area (Å²) in [5.41, 5.74) is 0. The molecule has 0 aromatic rings. The van der Waals surface area contributed by atoms with Gasteiger partial charge in [-0.1, -0.05) is 6.58 Å². The van der Waals surface area contributed by atoms with Crippen LogP contribution in [-0.4, -0.2) is 4.89 Å². The Morgan fingerprint density at radius 1 is 1.71 bits per heavy atom. The summed E-state index contributed by atoms with van der Waals surface area (Å²) in [5.74, 6) is 0. The Kier molecular flexibility index (Phi) is 12.7. The van der Waals surface area contributed by atoms with E-state index in [1.807, 2.05) is 0 Å². The molecule has 0 amide bonds. The van der Waals surface area contributed by atoms with Crippen molar-refractivity contribution in [3.63, 3.8) is 0 Å². The Balaban J connectivity index is 0. The van der Waals surface area contributed by atoms with Crippen LogP contribution in [0.25, 0.3) is 0 Å². The Morgan fingerprint density at radius 2 is 1.71 bits per heavy atom. The van der Waals surface area contributed by atoms with Crippen molar-refractivity contribution < 1.29 is 18.4 Å². The zero-order valence-corrected chi connectivity index (χ0v) is 4.27. The standard InChI is InChI=1S/C2H3F.HO3P/c1-2-3;1-4(2)3/h2H,1H2;(H,1,2,3). The number of hydrogen-bond donors (Lipinski definition) is 1. The minimum Gasteiger partial charge on any atom is -0.287 e. The molecule has 0 spiro atoms. The van der Waals surface area contributed by atoms with E-state index < -0.39 is 7.91 Å². The van der Waals surface area contributed by atoms with Gasteiger partial charge in [-0.3, -0.25) is 4.89 Å². The lowest BCUT2D eigenvalue weighted by atomic mass is 11.2. The van der Waals surface area contributed by atoms with E-state index in [9.17, 15) is 4.39 Å². The highest BCUT2D eigenvalue weighted by Gasteiger charge is 1.57. The summed E-state index contributed by atoms with van der Waals surface area (Å²) in [6.07, 6.45) is 0.250. The lowest BCUT2D eigenvalue weighted by Gasteiger charge is -1.35. The molecule has 5 heteroatoms. The normalized spacial score (nSPS) is 5.43. The first kappa shape index (κ1) is 9.73. The van der Waals surface area contributed by atoms with Crippen LogP contribution in [0.2, 0.25) is 0 Å². The Bertz CT molecular complexity index is 89.1. The largest absolute Gasteiger partial charge is 0.465 e. The molecule has 0 aromatic carbocycles. The van der Waals surface area contributed by atoms with Crippen LogP contribution in [0.1, 0.15) is 0 Å². The van der Waals surface area contributed by atoms with E-state index >= 15 is 0 Å². The van der Waals surface area contributed by atoms with Crippen molar-refractivity contribution in [2.45, 2.75) is 0 Å². The van der Waals surface area contributed by atoms with E-state index in [2.05, 4.69) is 6.58 Å². The lowest BCUT2D eigenvalue weighted by Crippen LogP contribution is -1.19. The van der Waals surface area contributed by atoms with Crippen molar-refractivity contribution in [3.05, 3.63) is 12.9 Å². The van der Waals surface area contributed by atoms with E-state index in [1.165, 1.54) is 0 Å². The zero-order chi connectivity index (χ0) is 6.28. The van der Waals surface area contributed by atoms with Crippen LogP contribution < -0.4 is 0 Å². The van der Waals surface area contributed by atoms with Gasteiger partial charge in [0.25, 0.3) is 0 Å². The van der Waals surface area contributed by atoms with E-state index in [-0.39, 0.29) is 6.33 Å². The van der Waals surface area contributed by atoms with Gasteiger partial charge < -0.3 is 0 Å². The minimum atomic E-state index is -3.12. The van der Waals surface area contributed by atoms with Crippen molar-refractivity contribution in [2.75, 3.05) is 0 Å². The van der Waals surface area contributed by atoms with Crippen molar-refractivity contribution in [3.8, 4) is 0 Å². The Labute approximate surface area is 40.4 Å². The van der Waals surface area contributed by atoms with Crippen molar-refractivity contribution in [1.29, 1.82) is 0 Å². The van der Waals surface area contributed by atoms with Gasteiger partial charge in [-0.2, -0.15) is 0 Å². The molecule has 0 saturated carbocycles. The molecule has 42 valence electrons. The van der Waals surface area contributed by atoms with Crippen molar-refractivity contribution >= 4 is 7.91 Å². The van der Waals surface area contributed by atoms with Gasteiger partial charge in [-0.15, -0.1) is 0 Å². The number of rotatable bonds is 0. The first-order valence-electron chi connectivity index (χ1n) is 1.19. The fourth-order valence-corrected chi connectivity index (χ4v) is 0. The van der Waals surface area contributed by atoms with Gasteiger partial charge in [0.2, 0.25) is 0 Å². The Hall–Kier alpha value is -0.470. The van der Waals surface area contributed by atoms with Gasteiger partial charge in [0.1, 0.15) is 0 Å². The van der Waals surface area contributed by atoms with Gasteiger partial charge in [-0.25, -0.2) is 13.5 Å². The van der Waals surface area contributed by atoms with Crippen LogP contribution in [0, 0.1) is 0 Å². The molecule has 0 aliphatic heterocycles. The minimum absolute atomic E-state index is 0.250. The van der Waals surface area contributed by atoms with Gasteiger partial charge in [-0.05, 0) is 0 Å². The van der Waals surface area contributed by atoms with Gasteiger partial charge >= 0.3 is 7.91 Å². The maximum atomic E-state index is 10.1. The van der Waals surface area contributed by atoms with Crippen LogP contribution in [0.15, 0.2) is 12.9 Å². The second-order valence-corrected chi connectivity index (χ2v) is 0.868. The topological polar surface area (TPSA) is 54.4 Å². The summed E-state index contributed by atoms with van der Waals surface area (Å²) in [4.78, 5) is 7.01. The third kappa shape index (κ3) is 312. The summed E-state index contributed by atoms with van der Waals surface area (Å²) in [7, 11) is -3.12. The summed E-state index contributed by atoms with van der Waals surface area (Å²) >= 11 is 0. The molecular formula is C2H4FO3P. The Morgan fingerprint density at radius 3 is 1.71 bits per heavy atom. The van der Waals surface area contributed by atoms with Gasteiger partial charge in [0.05, 0.1) is 6.33 Å². The molecular weight excluding hydrogens is 122 g/mol. The molecule has 0 bridgehead atoms. The fourth-order valence-electron chi connectivity index (χ4n) is 0. The van der Waals surface area contributed by atoms with Crippen molar-refractivity contribution in [1.82, 2.24) is 0 Å².